The van der Waals surface area contributed by atoms with Crippen LogP contribution in [0.15, 0.2) is 78.3 Å². The number of aliphatic imine (C=N–C) groups is 1. The van der Waals surface area contributed by atoms with Crippen LogP contribution in [0, 0.1) is 0 Å². The van der Waals surface area contributed by atoms with E-state index in [1.807, 2.05) is 48.5 Å². The Morgan fingerprint density at radius 3 is 2.24 bits per heavy atom. The summed E-state index contributed by atoms with van der Waals surface area (Å²) in [5, 5.41) is 0. The van der Waals surface area contributed by atoms with E-state index in [1.54, 1.807) is 18.2 Å². The van der Waals surface area contributed by atoms with Gasteiger partial charge in [-0.15, -0.1) is 6.58 Å². The van der Waals surface area contributed by atoms with Gasteiger partial charge in [-0.1, -0.05) is 89.4 Å². The normalized spacial score (nSPS) is 20.0. The van der Waals surface area contributed by atoms with Crippen molar-refractivity contribution in [2.75, 3.05) is 0 Å². The molecule has 0 unspecified atom stereocenters. The lowest BCUT2D eigenvalue weighted by atomic mass is 9.75. The molecule has 0 saturated carbocycles. The number of hydrogen-bond acceptors (Lipinski definition) is 4. The van der Waals surface area contributed by atoms with E-state index >= 15 is 0 Å². The molecule has 1 heterocycles. The summed E-state index contributed by atoms with van der Waals surface area (Å²) >= 11 is 17.4. The number of carbonyl (C=O) groups is 2. The molecule has 0 spiro atoms. The second-order valence-electron chi connectivity index (χ2n) is 6.68. The number of halogens is 3. The van der Waals surface area contributed by atoms with E-state index in [9.17, 15) is 9.59 Å². The molecular formula is C22H18Cl3NO3. The van der Waals surface area contributed by atoms with Crippen molar-refractivity contribution in [1.82, 2.24) is 0 Å². The van der Waals surface area contributed by atoms with E-state index in [0.29, 0.717) is 11.1 Å². The fourth-order valence-corrected chi connectivity index (χ4v) is 3.62. The van der Waals surface area contributed by atoms with Gasteiger partial charge in [0.05, 0.1) is 0 Å². The Morgan fingerprint density at radius 1 is 1.10 bits per heavy atom. The lowest BCUT2D eigenvalue weighted by Crippen LogP contribution is -2.42. The number of Topliss-reactive ketones (excluding diaryl/α,β-unsaturated/α-hetero) is 1. The van der Waals surface area contributed by atoms with Crippen LogP contribution in [0.4, 0.5) is 0 Å². The lowest BCUT2D eigenvalue weighted by molar-refractivity contribution is -0.140. The van der Waals surface area contributed by atoms with Crippen molar-refractivity contribution in [2.24, 2.45) is 4.99 Å². The third-order valence-corrected chi connectivity index (χ3v) is 5.44. The minimum absolute atomic E-state index is 0.162. The average molecular weight is 451 g/mol. The first kappa shape index (κ1) is 21.6. The molecule has 150 valence electrons. The summed E-state index contributed by atoms with van der Waals surface area (Å²) in [4.78, 5) is 30.4. The maximum atomic E-state index is 13.1. The summed E-state index contributed by atoms with van der Waals surface area (Å²) in [6, 6.07) is 18.2. The first-order valence-corrected chi connectivity index (χ1v) is 10.0. The van der Waals surface area contributed by atoms with Crippen molar-refractivity contribution in [1.29, 1.82) is 0 Å². The number of rotatable bonds is 7. The predicted molar refractivity (Wildman–Crippen MR) is 116 cm³/mol. The zero-order valence-corrected chi connectivity index (χ0v) is 17.6. The maximum Gasteiger partial charge on any atom is 0.341 e. The molecule has 0 aliphatic carbocycles. The van der Waals surface area contributed by atoms with Crippen LogP contribution in [-0.2, 0) is 14.3 Å². The van der Waals surface area contributed by atoms with Crippen LogP contribution < -0.4 is 0 Å². The molecule has 0 bridgehead atoms. The second kappa shape index (κ2) is 8.70. The highest BCUT2D eigenvalue weighted by Gasteiger charge is 2.53. The fraction of sp³-hybridized carbons (Fsp3) is 0.227. The van der Waals surface area contributed by atoms with Crippen molar-refractivity contribution in [3.63, 3.8) is 0 Å². The van der Waals surface area contributed by atoms with Gasteiger partial charge in [0, 0.05) is 24.3 Å². The van der Waals surface area contributed by atoms with E-state index < -0.39 is 27.0 Å². The number of carbonyl (C=O) groups excluding carboxylic acids is 2. The Bertz CT molecular complexity index is 939. The largest absolute Gasteiger partial charge is 0.405 e. The number of nitrogens with zero attached hydrogens (tertiary/aromatic N) is 1. The minimum Gasteiger partial charge on any atom is -0.405 e. The second-order valence-corrected chi connectivity index (χ2v) is 8.96. The van der Waals surface area contributed by atoms with Gasteiger partial charge in [-0.05, 0) is 17.7 Å². The lowest BCUT2D eigenvalue weighted by Gasteiger charge is -2.31. The Hall–Kier alpha value is -2.14. The molecule has 29 heavy (non-hydrogen) atoms. The van der Waals surface area contributed by atoms with E-state index in [4.69, 9.17) is 39.5 Å². The quantitative estimate of drug-likeness (QED) is 0.321. The third kappa shape index (κ3) is 4.55. The van der Waals surface area contributed by atoms with Crippen molar-refractivity contribution < 1.29 is 14.3 Å². The van der Waals surface area contributed by atoms with Crippen LogP contribution >= 0.6 is 34.8 Å². The smallest absolute Gasteiger partial charge is 0.341 e. The van der Waals surface area contributed by atoms with Gasteiger partial charge in [0.25, 0.3) is 0 Å². The van der Waals surface area contributed by atoms with Gasteiger partial charge in [-0.3, -0.25) is 4.79 Å². The molecule has 0 amide bonds. The van der Waals surface area contributed by atoms with E-state index in [-0.39, 0.29) is 18.7 Å². The molecule has 2 aromatic carbocycles. The Morgan fingerprint density at radius 2 is 1.69 bits per heavy atom. The molecule has 2 aromatic rings. The zero-order valence-electron chi connectivity index (χ0n) is 15.4. The fourth-order valence-electron chi connectivity index (χ4n) is 3.39. The first-order valence-electron chi connectivity index (χ1n) is 8.91. The molecule has 4 nitrogen and oxygen atoms in total. The molecule has 1 aliphatic heterocycles. The van der Waals surface area contributed by atoms with Gasteiger partial charge in [0.15, 0.2) is 11.3 Å². The summed E-state index contributed by atoms with van der Waals surface area (Å²) in [7, 11) is 0. The van der Waals surface area contributed by atoms with Gasteiger partial charge < -0.3 is 4.74 Å². The molecule has 0 aromatic heterocycles. The predicted octanol–water partition coefficient (Wildman–Crippen LogP) is 5.42. The summed E-state index contributed by atoms with van der Waals surface area (Å²) in [5.74, 6) is -1.70. The van der Waals surface area contributed by atoms with E-state index in [1.165, 1.54) is 0 Å². The summed E-state index contributed by atoms with van der Waals surface area (Å²) in [6.07, 6.45) is 1.54. The van der Waals surface area contributed by atoms with Crippen LogP contribution in [0.2, 0.25) is 0 Å². The highest BCUT2D eigenvalue weighted by molar-refractivity contribution is 6.76. The summed E-state index contributed by atoms with van der Waals surface area (Å²) < 4.78 is 3.44. The van der Waals surface area contributed by atoms with Crippen LogP contribution in [0.1, 0.15) is 29.9 Å². The molecule has 0 saturated heterocycles. The number of hydrogen-bond donors (Lipinski definition) is 0. The zero-order chi connectivity index (χ0) is 21.1. The van der Waals surface area contributed by atoms with Crippen molar-refractivity contribution in [3.8, 4) is 0 Å². The van der Waals surface area contributed by atoms with Crippen molar-refractivity contribution >= 4 is 52.5 Å². The molecule has 3 rings (SSSR count). The highest BCUT2D eigenvalue weighted by Crippen LogP contribution is 2.44. The van der Waals surface area contributed by atoms with Crippen LogP contribution in [0.5, 0.6) is 0 Å². The minimum atomic E-state index is -2.10. The van der Waals surface area contributed by atoms with Gasteiger partial charge in [0.1, 0.15) is 0 Å². The standard InChI is InChI=1S/C22H18Cl3NO3/c1-2-13-21(20(28)29-19(26-21)16-11-7-4-8-12-16)17(14-18(27)22(23,24)25)15-9-5-3-6-10-15/h2-12,17H,1,13-14H2/t17-,21+/m1/s1. The maximum absolute atomic E-state index is 13.1. The van der Waals surface area contributed by atoms with Crippen molar-refractivity contribution in [2.45, 2.75) is 28.1 Å². The molecule has 2 atom stereocenters. The SMILES string of the molecule is C=CC[C@@]1([C@H](CC(=O)C(Cl)(Cl)Cl)c2ccccc2)N=C(c2ccccc2)OC1=O. The van der Waals surface area contributed by atoms with Crippen LogP contribution in [-0.4, -0.2) is 27.0 Å². The van der Waals surface area contributed by atoms with Gasteiger partial charge in [0.2, 0.25) is 9.69 Å². The highest BCUT2D eigenvalue weighted by atomic mass is 35.6. The molecule has 0 fully saturated rings. The van der Waals surface area contributed by atoms with Gasteiger partial charge >= 0.3 is 5.97 Å². The molecule has 7 heteroatoms. The number of cyclic esters (lactones) is 1. The number of ketones is 1. The Balaban J connectivity index is 2.13. The van der Waals surface area contributed by atoms with E-state index in [0.717, 1.165) is 0 Å². The molecule has 0 N–H and O–H groups in total. The van der Waals surface area contributed by atoms with Gasteiger partial charge in [-0.25, -0.2) is 9.79 Å². The molecule has 1 aliphatic rings. The van der Waals surface area contributed by atoms with E-state index in [2.05, 4.69) is 11.6 Å². The third-order valence-electron chi connectivity index (χ3n) is 4.80. The van der Waals surface area contributed by atoms with Crippen LogP contribution in [0.3, 0.4) is 0 Å². The Kier molecular flexibility index (Phi) is 6.47. The van der Waals surface area contributed by atoms with Gasteiger partial charge in [-0.2, -0.15) is 0 Å². The number of benzene rings is 2. The first-order chi connectivity index (χ1) is 13.8. The molecular weight excluding hydrogens is 433 g/mol. The average Bonchev–Trinajstić information content (AvgIpc) is 3.04. The van der Waals surface area contributed by atoms with Crippen LogP contribution in [0.25, 0.3) is 0 Å². The van der Waals surface area contributed by atoms with Crippen molar-refractivity contribution in [3.05, 3.63) is 84.4 Å². The summed E-state index contributed by atoms with van der Waals surface area (Å²) in [6.45, 7) is 3.77. The Labute approximate surface area is 184 Å². The summed E-state index contributed by atoms with van der Waals surface area (Å²) in [5.41, 5.74) is -0.0156. The number of esters is 1. The number of ether oxygens (including phenoxy) is 1. The number of alkyl halides is 3. The molecule has 0 radical (unpaired) electrons. The monoisotopic (exact) mass is 449 g/mol. The topological polar surface area (TPSA) is 55.7 Å².